The molecule has 3 saturated heterocycles. The predicted octanol–water partition coefficient (Wildman–Crippen LogP) is 6.60. The van der Waals surface area contributed by atoms with E-state index in [1.54, 1.807) is 33.0 Å². The Kier molecular flexibility index (Phi) is 43.6. The lowest BCUT2D eigenvalue weighted by atomic mass is 9.68. The van der Waals surface area contributed by atoms with Gasteiger partial charge in [-0.15, -0.1) is 0 Å². The highest BCUT2D eigenvalue weighted by atomic mass is 16.7. The van der Waals surface area contributed by atoms with Crippen molar-refractivity contribution in [1.29, 1.82) is 0 Å². The molecule has 4 aromatic carbocycles. The van der Waals surface area contributed by atoms with E-state index < -0.39 is 143 Å². The van der Waals surface area contributed by atoms with Gasteiger partial charge in [0.15, 0.2) is 18.4 Å². The molecule has 0 spiro atoms. The van der Waals surface area contributed by atoms with E-state index >= 15 is 0 Å². The second kappa shape index (κ2) is 53.4. The molecule has 36 nitrogen and oxygen atoms in total. The smallest absolute Gasteiger partial charge is 0.306 e. The summed E-state index contributed by atoms with van der Waals surface area (Å²) in [5.41, 5.74) is -0.00446. The van der Waals surface area contributed by atoms with Crippen molar-refractivity contribution in [1.82, 2.24) is 31.5 Å². The van der Waals surface area contributed by atoms with Gasteiger partial charge in [-0.2, -0.15) is 0 Å². The summed E-state index contributed by atoms with van der Waals surface area (Å²) in [5.74, 6) is -6.59. The Morgan fingerprint density at radius 2 is 0.945 bits per heavy atom. The zero-order valence-electron chi connectivity index (χ0n) is 75.5. The van der Waals surface area contributed by atoms with Gasteiger partial charge in [0.1, 0.15) is 60.8 Å². The van der Waals surface area contributed by atoms with Crippen LogP contribution in [0.2, 0.25) is 0 Å². The van der Waals surface area contributed by atoms with Crippen LogP contribution < -0.4 is 36.1 Å². The van der Waals surface area contributed by atoms with E-state index in [-0.39, 0.29) is 180 Å². The van der Waals surface area contributed by atoms with Crippen molar-refractivity contribution in [2.75, 3.05) is 139 Å². The molecule has 0 aliphatic carbocycles. The summed E-state index contributed by atoms with van der Waals surface area (Å²) < 4.78 is 92.7. The Labute approximate surface area is 747 Å². The zero-order chi connectivity index (χ0) is 93.4. The van der Waals surface area contributed by atoms with Crippen LogP contribution in [0, 0.1) is 22.7 Å². The van der Waals surface area contributed by atoms with Gasteiger partial charge in [-0.25, -0.2) is 0 Å². The molecule has 0 radical (unpaired) electrons. The van der Waals surface area contributed by atoms with Crippen LogP contribution in [0.4, 0.5) is 0 Å². The number of unbranched alkanes of at least 4 members (excludes halogenated alkanes) is 5. The minimum atomic E-state index is -1.20. The lowest BCUT2D eigenvalue weighted by molar-refractivity contribution is -0.264. The highest BCUT2D eigenvalue weighted by Crippen LogP contribution is 2.51. The summed E-state index contributed by atoms with van der Waals surface area (Å²) >= 11 is 0. The largest absolute Gasteiger partial charge is 0.497 e. The average molecular weight is 1800 g/mol. The first-order valence-electron chi connectivity index (χ1n) is 43.3. The number of hydrogen-bond donors (Lipinski definition) is 6. The van der Waals surface area contributed by atoms with Crippen LogP contribution in [0.1, 0.15) is 176 Å². The van der Waals surface area contributed by atoms with Crippen LogP contribution in [0.3, 0.4) is 0 Å². The van der Waals surface area contributed by atoms with Crippen LogP contribution in [0.15, 0.2) is 97.1 Å². The van der Waals surface area contributed by atoms with E-state index in [2.05, 4.69) is 26.6 Å². The van der Waals surface area contributed by atoms with Crippen LogP contribution in [-0.2, 0) is 131 Å². The highest BCUT2D eigenvalue weighted by Gasteiger charge is 2.56. The number of Topliss-reactive ketones (excluding diaryl/α,β-unsaturated/α-hetero) is 1. The van der Waals surface area contributed by atoms with Crippen LogP contribution >= 0.6 is 0 Å². The molecule has 36 heteroatoms. The lowest BCUT2D eigenvalue weighted by Gasteiger charge is -2.44. The number of ketones is 1. The van der Waals surface area contributed by atoms with Crippen molar-refractivity contribution in [2.24, 2.45) is 22.7 Å². The zero-order valence-corrected chi connectivity index (χ0v) is 75.5. The average Bonchev–Trinajstić information content (AvgIpc) is 1.71. The fraction of sp³-hybridized carbons (Fsp3) is 0.598. The van der Waals surface area contributed by atoms with E-state index in [1.807, 2.05) is 92.7 Å². The third-order valence-electron chi connectivity index (χ3n) is 22.4. The maximum Gasteiger partial charge on any atom is 0.306 e. The topological polar surface area (TPSA) is 453 Å². The number of nitrogens with zero attached hydrogens (tertiary/aromatic N) is 1. The number of benzene rings is 4. The van der Waals surface area contributed by atoms with Crippen LogP contribution in [-0.4, -0.2) is 276 Å². The minimum Gasteiger partial charge on any atom is -0.497 e. The Balaban J connectivity index is 0.884. The number of carboxylic acids is 1. The van der Waals surface area contributed by atoms with Gasteiger partial charge in [-0.05, 0) is 77.6 Å². The number of nitrogens with one attached hydrogen (secondary N) is 5. The van der Waals surface area contributed by atoms with E-state index in [4.69, 9.17) is 75.8 Å². The third-order valence-corrected chi connectivity index (χ3v) is 22.4. The van der Waals surface area contributed by atoms with E-state index in [0.717, 1.165) is 36.0 Å². The number of carbonyl (C=O) groups excluding carboxylic acids is 12. The normalized spacial score (nSPS) is 21.3. The van der Waals surface area contributed by atoms with Crippen molar-refractivity contribution in [3.8, 4) is 11.5 Å². The van der Waals surface area contributed by atoms with Crippen molar-refractivity contribution < 1.29 is 143 Å². The summed E-state index contributed by atoms with van der Waals surface area (Å²) in [6.45, 7) is 15.5. The standard InChI is InChI=1S/C92H128N6O30/c1-59-76(53-121-63(5)101)127-89(83(97-62(4)100)85(59)126-66(8)104)120-47-45-118-43-41-116-39-37-94-87(112)69-49-67(48-68(51-69)86(111)93-36-38-115-40-42-117-44-46-119-88-82(96-61(3)99)60(2)84(125-65(7)103)77(128-88)54-122-64(6)102)50-73(105)52-95-78(106)24-20-15-13-14-16-21-25-79(107)98-55-90(9,57-123-81(110)35-34-80(108)109)91(10,56-98)58-124-92(70-22-18-17-19-23-70,71-26-30-74(113-11)31-27-71)72-28-32-75(114-12)33-29-72/h17-19,22-23,26-33,48-49,51,59-60,76-77,82-85,88-89H,13-16,20-21,24-25,34-47,50,52-58H2,1-12H3,(H,93,111)(H,94,112)(H,95,106)(H,96,99)(H,97,100)(H,108,109)/t59-,60+,76+,77+,82+,83+,84+,85-,88?,89?,90?,91?/m0/s1. The number of carboxylic acid groups (broad SMARTS) is 1. The van der Waals surface area contributed by atoms with E-state index in [9.17, 15) is 67.4 Å². The van der Waals surface area contributed by atoms with Crippen LogP contribution in [0.5, 0.6) is 11.5 Å². The predicted molar refractivity (Wildman–Crippen MR) is 459 cm³/mol. The molecule has 0 aromatic heterocycles. The molecule has 3 aliphatic heterocycles. The molecule has 6 amide bonds. The van der Waals surface area contributed by atoms with Gasteiger partial charge < -0.3 is 112 Å². The molecule has 3 aliphatic rings. The SMILES string of the molecule is COc1ccc(C(OCC2(C)CN(C(=O)CCCCCCCCC(=O)NCC(=O)Cc3cc(C(=O)NCCOCCOCCOC4O[C@H](COC(C)=O)[C@H](OC(C)=O)[C@H](C)[C@H]4NC(C)=O)cc(C(=O)NCCOCCOCCOC4O[C@H](COC(C)=O)[C@H](C)[C@H](OC(C)=O)[C@H]4NC(C)=O)c3)CC2(C)COC(=O)CCC(=O)O)(c2ccccc2)c2ccc(OC)cc2)cc1. The number of carbonyl (C=O) groups is 13. The molecule has 0 bridgehead atoms. The van der Waals surface area contributed by atoms with Gasteiger partial charge >= 0.3 is 35.8 Å². The van der Waals surface area contributed by atoms with Crippen molar-refractivity contribution in [2.45, 2.75) is 195 Å². The van der Waals surface area contributed by atoms with Gasteiger partial charge in [-0.1, -0.05) is 108 Å². The molecule has 0 saturated carbocycles. The quantitative estimate of drug-likeness (QED) is 0.0117. The molecule has 3 heterocycles. The number of hydrogen-bond acceptors (Lipinski definition) is 29. The Morgan fingerprint density at radius 3 is 1.45 bits per heavy atom. The summed E-state index contributed by atoms with van der Waals surface area (Å²) in [4.78, 5) is 167. The van der Waals surface area contributed by atoms with Gasteiger partial charge in [0, 0.05) is 121 Å². The first kappa shape index (κ1) is 104. The first-order chi connectivity index (χ1) is 61.2. The molecule has 12 atom stereocenters. The number of ether oxygens (including phenoxy) is 16. The van der Waals surface area contributed by atoms with Gasteiger partial charge in [0.2, 0.25) is 23.6 Å². The van der Waals surface area contributed by atoms with Crippen molar-refractivity contribution >= 4 is 77.0 Å². The van der Waals surface area contributed by atoms with Crippen molar-refractivity contribution in [3.05, 3.63) is 130 Å². The maximum atomic E-state index is 14.3. The fourth-order valence-corrected chi connectivity index (χ4v) is 15.4. The molecular formula is C92H128N6O30. The lowest BCUT2D eigenvalue weighted by Crippen LogP contribution is -2.63. The summed E-state index contributed by atoms with van der Waals surface area (Å²) in [6.07, 6.45) is -1.94. The fourth-order valence-electron chi connectivity index (χ4n) is 15.4. The summed E-state index contributed by atoms with van der Waals surface area (Å²) in [5, 5.41) is 23.1. The van der Waals surface area contributed by atoms with Gasteiger partial charge in [-0.3, -0.25) is 62.3 Å². The van der Waals surface area contributed by atoms with Crippen molar-refractivity contribution in [3.63, 3.8) is 0 Å². The monoisotopic (exact) mass is 1800 g/mol. The highest BCUT2D eigenvalue weighted by molar-refractivity contribution is 6.00. The molecule has 128 heavy (non-hydrogen) atoms. The number of aliphatic carboxylic acids is 1. The molecule has 4 unspecified atom stereocenters. The third kappa shape index (κ3) is 33.5. The summed E-state index contributed by atoms with van der Waals surface area (Å²) in [6, 6.07) is 27.8. The molecule has 3 fully saturated rings. The Bertz CT molecular complexity index is 4220. The molecule has 4 aromatic rings. The molecular weight excluding hydrogens is 1670 g/mol. The number of likely N-dealkylation sites (tertiary alicyclic amines) is 1. The van der Waals surface area contributed by atoms with Crippen LogP contribution in [0.25, 0.3) is 0 Å². The second-order valence-corrected chi connectivity index (χ2v) is 32.5. The van der Waals surface area contributed by atoms with E-state index in [0.29, 0.717) is 36.3 Å². The Morgan fingerprint density at radius 1 is 0.484 bits per heavy atom. The number of esters is 5. The first-order valence-corrected chi connectivity index (χ1v) is 43.3. The second-order valence-electron chi connectivity index (χ2n) is 32.5. The molecule has 7 rings (SSSR count). The maximum absolute atomic E-state index is 14.3. The van der Waals surface area contributed by atoms with E-state index in [1.165, 1.54) is 59.7 Å². The molecule has 706 valence electrons. The summed E-state index contributed by atoms with van der Waals surface area (Å²) in [7, 11) is 3.19. The minimum absolute atomic E-state index is 0.00757. The number of rotatable bonds is 56. The van der Waals surface area contributed by atoms with Gasteiger partial charge in [0.25, 0.3) is 11.8 Å². The number of methoxy groups -OCH3 is 2. The Hall–Kier alpha value is -10.6. The number of amides is 6. The van der Waals surface area contributed by atoms with Gasteiger partial charge in [0.05, 0.1) is 119 Å². The molecule has 6 N–H and O–H groups in total.